The van der Waals surface area contributed by atoms with Crippen molar-refractivity contribution in [2.24, 2.45) is 5.73 Å². The Kier molecular flexibility index (Phi) is 4.62. The largest absolute Gasteiger partial charge is 0.326 e. The topological polar surface area (TPSA) is 75.4 Å². The van der Waals surface area contributed by atoms with Crippen LogP contribution in [0, 0.1) is 0 Å². The Morgan fingerprint density at radius 3 is 2.95 bits per heavy atom. The van der Waals surface area contributed by atoms with Crippen LogP contribution in [0.4, 0.5) is 0 Å². The third-order valence-corrected chi connectivity index (χ3v) is 6.39. The average molecular weight is 303 g/mol. The second kappa shape index (κ2) is 5.88. The minimum atomic E-state index is -3.44. The standard InChI is InChI=1S/C12H21N3O2S2/c1-9-7-10(3-5-15(9)2)14-19(16,17)12-4-6-18-11(12)8-13/h4,6,9-10,14H,3,5,7-8,13H2,1-2H3. The van der Waals surface area contributed by atoms with E-state index in [1.165, 1.54) is 11.3 Å². The van der Waals surface area contributed by atoms with Crippen molar-refractivity contribution in [2.45, 2.75) is 43.3 Å². The minimum absolute atomic E-state index is 0.0155. The van der Waals surface area contributed by atoms with Crippen molar-refractivity contribution in [3.05, 3.63) is 16.3 Å². The molecular weight excluding hydrogens is 282 g/mol. The van der Waals surface area contributed by atoms with Gasteiger partial charge in [0.05, 0.1) is 4.90 Å². The summed E-state index contributed by atoms with van der Waals surface area (Å²) in [5.74, 6) is 0. The third-order valence-electron chi connectivity index (χ3n) is 3.71. The van der Waals surface area contributed by atoms with Gasteiger partial charge in [0.15, 0.2) is 0 Å². The average Bonchev–Trinajstić information content (AvgIpc) is 2.82. The third kappa shape index (κ3) is 3.35. The molecule has 2 unspecified atom stereocenters. The quantitative estimate of drug-likeness (QED) is 0.869. The van der Waals surface area contributed by atoms with Gasteiger partial charge < -0.3 is 10.6 Å². The van der Waals surface area contributed by atoms with Crippen LogP contribution in [0.25, 0.3) is 0 Å². The number of piperidine rings is 1. The van der Waals surface area contributed by atoms with Gasteiger partial charge in [-0.1, -0.05) is 0 Å². The smallest absolute Gasteiger partial charge is 0.241 e. The number of rotatable bonds is 4. The van der Waals surface area contributed by atoms with Gasteiger partial charge in [-0.05, 0) is 44.8 Å². The summed E-state index contributed by atoms with van der Waals surface area (Å²) >= 11 is 1.39. The Hall–Kier alpha value is -0.470. The van der Waals surface area contributed by atoms with Gasteiger partial charge in [-0.25, -0.2) is 13.1 Å². The van der Waals surface area contributed by atoms with Gasteiger partial charge in [0.25, 0.3) is 0 Å². The molecule has 1 aromatic heterocycles. The lowest BCUT2D eigenvalue weighted by Crippen LogP contribution is -2.47. The van der Waals surface area contributed by atoms with Crippen LogP contribution in [0.2, 0.25) is 0 Å². The predicted molar refractivity (Wildman–Crippen MR) is 77.6 cm³/mol. The van der Waals surface area contributed by atoms with Crippen molar-refractivity contribution in [3.63, 3.8) is 0 Å². The van der Waals surface area contributed by atoms with Gasteiger partial charge in [-0.15, -0.1) is 11.3 Å². The zero-order valence-electron chi connectivity index (χ0n) is 11.3. The molecule has 19 heavy (non-hydrogen) atoms. The Balaban J connectivity index is 2.10. The first-order chi connectivity index (χ1) is 8.94. The molecule has 5 nitrogen and oxygen atoms in total. The Bertz CT molecular complexity index is 527. The number of hydrogen-bond donors (Lipinski definition) is 2. The van der Waals surface area contributed by atoms with E-state index in [1.807, 2.05) is 0 Å². The molecule has 2 atom stereocenters. The fraction of sp³-hybridized carbons (Fsp3) is 0.667. The summed E-state index contributed by atoms with van der Waals surface area (Å²) in [5, 5.41) is 1.77. The van der Waals surface area contributed by atoms with Crippen LogP contribution in [0.1, 0.15) is 24.6 Å². The van der Waals surface area contributed by atoms with E-state index in [0.29, 0.717) is 15.8 Å². The molecule has 1 fully saturated rings. The Morgan fingerprint density at radius 2 is 2.32 bits per heavy atom. The number of thiophene rings is 1. The number of nitrogens with zero attached hydrogens (tertiary/aromatic N) is 1. The van der Waals surface area contributed by atoms with Crippen molar-refractivity contribution in [1.29, 1.82) is 0 Å². The molecule has 1 aliphatic heterocycles. The highest BCUT2D eigenvalue weighted by Crippen LogP contribution is 2.23. The van der Waals surface area contributed by atoms with Gasteiger partial charge in [0.1, 0.15) is 0 Å². The number of likely N-dealkylation sites (tertiary alicyclic amines) is 1. The molecule has 0 saturated carbocycles. The molecule has 0 aliphatic carbocycles. The molecule has 0 radical (unpaired) electrons. The molecule has 1 aromatic rings. The van der Waals surface area contributed by atoms with E-state index in [4.69, 9.17) is 5.73 Å². The molecule has 0 amide bonds. The summed E-state index contributed by atoms with van der Waals surface area (Å²) in [6.45, 7) is 3.30. The zero-order chi connectivity index (χ0) is 14.0. The van der Waals surface area contributed by atoms with Crippen LogP contribution in [0.5, 0.6) is 0 Å². The molecule has 2 heterocycles. The molecule has 108 valence electrons. The maximum Gasteiger partial charge on any atom is 0.241 e. The molecular formula is C12H21N3O2S2. The fourth-order valence-corrected chi connectivity index (χ4v) is 5.02. The van der Waals surface area contributed by atoms with Crippen LogP contribution in [-0.4, -0.2) is 39.0 Å². The summed E-state index contributed by atoms with van der Waals surface area (Å²) in [6.07, 6.45) is 1.69. The van der Waals surface area contributed by atoms with E-state index in [2.05, 4.69) is 23.6 Å². The highest BCUT2D eigenvalue weighted by atomic mass is 32.2. The summed E-state index contributed by atoms with van der Waals surface area (Å²) in [6, 6.07) is 2.05. The molecule has 2 rings (SSSR count). The fourth-order valence-electron chi connectivity index (χ4n) is 2.40. The molecule has 0 spiro atoms. The van der Waals surface area contributed by atoms with Crippen molar-refractivity contribution in [1.82, 2.24) is 9.62 Å². The Morgan fingerprint density at radius 1 is 1.58 bits per heavy atom. The van der Waals surface area contributed by atoms with Crippen molar-refractivity contribution in [3.8, 4) is 0 Å². The van der Waals surface area contributed by atoms with Crippen LogP contribution in [0.15, 0.2) is 16.3 Å². The van der Waals surface area contributed by atoms with E-state index >= 15 is 0 Å². The Labute approximate surface area is 118 Å². The lowest BCUT2D eigenvalue weighted by atomic mass is 10.0. The maximum atomic E-state index is 12.4. The second-order valence-electron chi connectivity index (χ2n) is 5.08. The normalized spacial score (nSPS) is 25.6. The molecule has 3 N–H and O–H groups in total. The number of sulfonamides is 1. The van der Waals surface area contributed by atoms with Crippen molar-refractivity contribution >= 4 is 21.4 Å². The van der Waals surface area contributed by atoms with Crippen LogP contribution >= 0.6 is 11.3 Å². The lowest BCUT2D eigenvalue weighted by Gasteiger charge is -2.35. The number of nitrogens with two attached hydrogens (primary N) is 1. The molecule has 1 aliphatic rings. The van der Waals surface area contributed by atoms with Crippen molar-refractivity contribution in [2.75, 3.05) is 13.6 Å². The molecule has 0 aromatic carbocycles. The van der Waals surface area contributed by atoms with Crippen LogP contribution < -0.4 is 10.5 Å². The lowest BCUT2D eigenvalue weighted by molar-refractivity contribution is 0.178. The van der Waals surface area contributed by atoms with E-state index in [0.717, 1.165) is 19.4 Å². The molecule has 1 saturated heterocycles. The van der Waals surface area contributed by atoms with E-state index in [-0.39, 0.29) is 12.6 Å². The predicted octanol–water partition coefficient (Wildman–Crippen LogP) is 0.968. The van der Waals surface area contributed by atoms with E-state index < -0.39 is 10.0 Å². The van der Waals surface area contributed by atoms with E-state index in [9.17, 15) is 8.42 Å². The molecule has 0 bridgehead atoms. The zero-order valence-corrected chi connectivity index (χ0v) is 12.9. The monoisotopic (exact) mass is 303 g/mol. The number of nitrogens with one attached hydrogen (secondary N) is 1. The minimum Gasteiger partial charge on any atom is -0.326 e. The number of hydrogen-bond acceptors (Lipinski definition) is 5. The maximum absolute atomic E-state index is 12.4. The summed E-state index contributed by atoms with van der Waals surface area (Å²) < 4.78 is 27.5. The van der Waals surface area contributed by atoms with Gasteiger partial charge in [0, 0.05) is 23.5 Å². The van der Waals surface area contributed by atoms with E-state index in [1.54, 1.807) is 11.4 Å². The highest BCUT2D eigenvalue weighted by Gasteiger charge is 2.28. The summed E-state index contributed by atoms with van der Waals surface area (Å²) in [7, 11) is -1.37. The highest BCUT2D eigenvalue weighted by molar-refractivity contribution is 7.89. The van der Waals surface area contributed by atoms with Gasteiger partial charge in [-0.2, -0.15) is 0 Å². The first kappa shape index (κ1) is 14.9. The second-order valence-corrected chi connectivity index (χ2v) is 7.77. The van der Waals surface area contributed by atoms with Gasteiger partial charge >= 0.3 is 0 Å². The SMILES string of the molecule is CC1CC(NS(=O)(=O)c2ccsc2CN)CCN1C. The summed E-state index contributed by atoms with van der Waals surface area (Å²) in [4.78, 5) is 3.31. The van der Waals surface area contributed by atoms with Gasteiger partial charge in [-0.3, -0.25) is 0 Å². The van der Waals surface area contributed by atoms with Crippen molar-refractivity contribution < 1.29 is 8.42 Å². The summed E-state index contributed by atoms with van der Waals surface area (Å²) in [5.41, 5.74) is 5.58. The first-order valence-electron chi connectivity index (χ1n) is 6.43. The van der Waals surface area contributed by atoms with Crippen LogP contribution in [0.3, 0.4) is 0 Å². The first-order valence-corrected chi connectivity index (χ1v) is 8.79. The molecule has 7 heteroatoms. The van der Waals surface area contributed by atoms with Crippen LogP contribution in [-0.2, 0) is 16.6 Å². The van der Waals surface area contributed by atoms with Gasteiger partial charge in [0.2, 0.25) is 10.0 Å².